The number of aryl methyl sites for hydroxylation is 1. The van der Waals surface area contributed by atoms with E-state index in [-0.39, 0.29) is 24.1 Å². The molecule has 0 saturated heterocycles. The summed E-state index contributed by atoms with van der Waals surface area (Å²) in [5.41, 5.74) is 1.60. The second-order valence-corrected chi connectivity index (χ2v) is 6.74. The van der Waals surface area contributed by atoms with E-state index in [4.69, 9.17) is 0 Å². The van der Waals surface area contributed by atoms with Crippen molar-refractivity contribution in [1.29, 1.82) is 0 Å². The number of aromatic nitrogens is 2. The lowest BCUT2D eigenvalue weighted by molar-refractivity contribution is -0.120. The number of hydrogen-bond donors (Lipinski definition) is 2. The molecule has 0 spiro atoms. The van der Waals surface area contributed by atoms with Gasteiger partial charge in [0.2, 0.25) is 5.91 Å². The Labute approximate surface area is 163 Å². The second kappa shape index (κ2) is 9.16. The summed E-state index contributed by atoms with van der Waals surface area (Å²) in [5.74, 6) is -0.857. The van der Waals surface area contributed by atoms with Crippen molar-refractivity contribution in [3.05, 3.63) is 53.3 Å². The summed E-state index contributed by atoms with van der Waals surface area (Å²) in [6.45, 7) is 4.13. The molecule has 148 valence electrons. The van der Waals surface area contributed by atoms with Gasteiger partial charge in [0.25, 0.3) is 11.8 Å². The molecule has 2 aromatic rings. The molecule has 3 rings (SSSR count). The molecule has 1 aliphatic heterocycles. The SMILES string of the molecule is CCCNC(=O)CNC(=O)c1cc2n(n1)CCCN(Cc1ccccc1)C2=O. The van der Waals surface area contributed by atoms with E-state index in [1.165, 1.54) is 6.07 Å². The number of rotatable bonds is 7. The van der Waals surface area contributed by atoms with Crippen LogP contribution in [-0.4, -0.2) is 52.0 Å². The maximum absolute atomic E-state index is 12.9. The van der Waals surface area contributed by atoms with Gasteiger partial charge < -0.3 is 15.5 Å². The zero-order chi connectivity index (χ0) is 19.9. The van der Waals surface area contributed by atoms with Crippen molar-refractivity contribution >= 4 is 17.7 Å². The highest BCUT2D eigenvalue weighted by atomic mass is 16.2. The maximum atomic E-state index is 12.9. The van der Waals surface area contributed by atoms with Gasteiger partial charge in [0.05, 0.1) is 6.54 Å². The molecule has 28 heavy (non-hydrogen) atoms. The molecule has 2 heterocycles. The predicted octanol–water partition coefficient (Wildman–Crippen LogP) is 1.19. The topological polar surface area (TPSA) is 96.3 Å². The van der Waals surface area contributed by atoms with E-state index >= 15 is 0 Å². The number of hydrogen-bond acceptors (Lipinski definition) is 4. The quantitative estimate of drug-likeness (QED) is 0.751. The van der Waals surface area contributed by atoms with Crippen molar-refractivity contribution in [1.82, 2.24) is 25.3 Å². The van der Waals surface area contributed by atoms with E-state index in [2.05, 4.69) is 15.7 Å². The first kappa shape index (κ1) is 19.6. The van der Waals surface area contributed by atoms with Crippen molar-refractivity contribution < 1.29 is 14.4 Å². The highest BCUT2D eigenvalue weighted by Crippen LogP contribution is 2.16. The van der Waals surface area contributed by atoms with Crippen LogP contribution in [0.5, 0.6) is 0 Å². The van der Waals surface area contributed by atoms with Gasteiger partial charge in [-0.3, -0.25) is 19.1 Å². The third kappa shape index (κ3) is 4.76. The molecular formula is C20H25N5O3. The zero-order valence-corrected chi connectivity index (χ0v) is 16.0. The van der Waals surface area contributed by atoms with Gasteiger partial charge >= 0.3 is 0 Å². The van der Waals surface area contributed by atoms with Crippen molar-refractivity contribution in [3.8, 4) is 0 Å². The Morgan fingerprint density at radius 3 is 2.68 bits per heavy atom. The van der Waals surface area contributed by atoms with Crippen LogP contribution >= 0.6 is 0 Å². The van der Waals surface area contributed by atoms with E-state index in [9.17, 15) is 14.4 Å². The van der Waals surface area contributed by atoms with Crippen LogP contribution in [0, 0.1) is 0 Å². The Morgan fingerprint density at radius 1 is 1.14 bits per heavy atom. The zero-order valence-electron chi connectivity index (χ0n) is 16.0. The third-order valence-electron chi connectivity index (χ3n) is 4.51. The van der Waals surface area contributed by atoms with Crippen molar-refractivity contribution in [2.75, 3.05) is 19.6 Å². The van der Waals surface area contributed by atoms with E-state index in [1.807, 2.05) is 37.3 Å². The average Bonchev–Trinajstić information content (AvgIpc) is 3.08. The number of amides is 3. The van der Waals surface area contributed by atoms with Gasteiger partial charge in [0, 0.05) is 32.2 Å². The lowest BCUT2D eigenvalue weighted by Gasteiger charge is -2.20. The molecule has 1 aromatic carbocycles. The smallest absolute Gasteiger partial charge is 0.272 e. The highest BCUT2D eigenvalue weighted by Gasteiger charge is 2.26. The van der Waals surface area contributed by atoms with Crippen molar-refractivity contribution in [2.45, 2.75) is 32.9 Å². The fourth-order valence-electron chi connectivity index (χ4n) is 3.08. The van der Waals surface area contributed by atoms with Gasteiger partial charge in [0.15, 0.2) is 5.69 Å². The summed E-state index contributed by atoms with van der Waals surface area (Å²) in [7, 11) is 0. The van der Waals surface area contributed by atoms with E-state index < -0.39 is 5.91 Å². The molecular weight excluding hydrogens is 358 g/mol. The first-order chi connectivity index (χ1) is 13.6. The minimum atomic E-state index is -0.463. The molecule has 0 fully saturated rings. The fraction of sp³-hybridized carbons (Fsp3) is 0.400. The summed E-state index contributed by atoms with van der Waals surface area (Å²) in [5, 5.41) is 9.51. The first-order valence-corrected chi connectivity index (χ1v) is 9.54. The highest BCUT2D eigenvalue weighted by molar-refractivity contribution is 5.99. The largest absolute Gasteiger partial charge is 0.355 e. The van der Waals surface area contributed by atoms with Gasteiger partial charge in [-0.05, 0) is 18.4 Å². The molecule has 8 nitrogen and oxygen atoms in total. The molecule has 2 N–H and O–H groups in total. The molecule has 0 atom stereocenters. The summed E-state index contributed by atoms with van der Waals surface area (Å²) in [4.78, 5) is 38.7. The number of carbonyl (C=O) groups excluding carboxylic acids is 3. The Hall–Kier alpha value is -3.16. The van der Waals surface area contributed by atoms with Crippen LogP contribution in [0.2, 0.25) is 0 Å². The second-order valence-electron chi connectivity index (χ2n) is 6.74. The number of nitrogens with zero attached hydrogens (tertiary/aromatic N) is 3. The molecule has 0 unspecified atom stereocenters. The van der Waals surface area contributed by atoms with E-state index in [0.29, 0.717) is 31.9 Å². The van der Waals surface area contributed by atoms with Gasteiger partial charge in [-0.2, -0.15) is 5.10 Å². The van der Waals surface area contributed by atoms with Crippen LogP contribution in [0.25, 0.3) is 0 Å². The molecule has 0 bridgehead atoms. The van der Waals surface area contributed by atoms with Crippen molar-refractivity contribution in [3.63, 3.8) is 0 Å². The van der Waals surface area contributed by atoms with Crippen LogP contribution in [-0.2, 0) is 17.9 Å². The molecule has 1 aliphatic rings. The van der Waals surface area contributed by atoms with Crippen LogP contribution in [0.15, 0.2) is 36.4 Å². The number of carbonyl (C=O) groups is 3. The first-order valence-electron chi connectivity index (χ1n) is 9.54. The number of fused-ring (bicyclic) bond motifs is 1. The summed E-state index contributed by atoms with van der Waals surface area (Å²) >= 11 is 0. The molecule has 0 aliphatic carbocycles. The molecule has 8 heteroatoms. The van der Waals surface area contributed by atoms with Crippen LogP contribution in [0.3, 0.4) is 0 Å². The minimum absolute atomic E-state index is 0.116. The van der Waals surface area contributed by atoms with Gasteiger partial charge in [-0.25, -0.2) is 0 Å². The van der Waals surface area contributed by atoms with Gasteiger partial charge in [0.1, 0.15) is 5.69 Å². The van der Waals surface area contributed by atoms with Gasteiger partial charge in [-0.1, -0.05) is 37.3 Å². The lowest BCUT2D eigenvalue weighted by Crippen LogP contribution is -2.37. The minimum Gasteiger partial charge on any atom is -0.355 e. The molecule has 3 amide bonds. The van der Waals surface area contributed by atoms with Crippen molar-refractivity contribution in [2.24, 2.45) is 0 Å². The summed E-state index contributed by atoms with van der Waals surface area (Å²) in [6.07, 6.45) is 1.59. The van der Waals surface area contributed by atoms with Crippen LogP contribution in [0.4, 0.5) is 0 Å². The Kier molecular flexibility index (Phi) is 6.41. The van der Waals surface area contributed by atoms with E-state index in [1.54, 1.807) is 9.58 Å². The molecule has 1 aromatic heterocycles. The maximum Gasteiger partial charge on any atom is 0.272 e. The number of nitrogens with one attached hydrogen (secondary N) is 2. The molecule has 0 radical (unpaired) electrons. The summed E-state index contributed by atoms with van der Waals surface area (Å²) in [6, 6.07) is 11.3. The molecule has 0 saturated carbocycles. The van der Waals surface area contributed by atoms with Gasteiger partial charge in [-0.15, -0.1) is 0 Å². The lowest BCUT2D eigenvalue weighted by atomic mass is 10.2. The Balaban J connectivity index is 1.67. The standard InChI is InChI=1S/C20H25N5O3/c1-2-9-21-18(26)13-22-19(27)16-12-17-20(28)24(10-6-11-25(17)23-16)14-15-7-4-3-5-8-15/h3-5,7-8,12H,2,6,9-11,13-14H2,1H3,(H,21,26)(H,22,27). The average molecular weight is 383 g/mol. The Morgan fingerprint density at radius 2 is 1.93 bits per heavy atom. The Bertz CT molecular complexity index is 847. The summed E-state index contributed by atoms with van der Waals surface area (Å²) < 4.78 is 1.58. The normalized spacial score (nSPS) is 13.6. The monoisotopic (exact) mass is 383 g/mol. The predicted molar refractivity (Wildman–Crippen MR) is 104 cm³/mol. The fourth-order valence-corrected chi connectivity index (χ4v) is 3.08. The van der Waals surface area contributed by atoms with E-state index in [0.717, 1.165) is 18.4 Å². The van der Waals surface area contributed by atoms with Crippen LogP contribution < -0.4 is 10.6 Å². The number of benzene rings is 1. The van der Waals surface area contributed by atoms with Crippen LogP contribution in [0.1, 0.15) is 46.3 Å². The third-order valence-corrected chi connectivity index (χ3v) is 4.51.